The van der Waals surface area contributed by atoms with Crippen LogP contribution in [0.2, 0.25) is 0 Å². The predicted octanol–water partition coefficient (Wildman–Crippen LogP) is 0.360. The molecular formula is C11H14N4OS. The van der Waals surface area contributed by atoms with Gasteiger partial charge in [-0.15, -0.1) is 0 Å². The van der Waals surface area contributed by atoms with Gasteiger partial charge in [-0.1, -0.05) is 30.3 Å². The van der Waals surface area contributed by atoms with Crippen LogP contribution >= 0.6 is 12.2 Å². The molecule has 0 unspecified atom stereocenters. The van der Waals surface area contributed by atoms with Crippen LogP contribution in [0.1, 0.15) is 12.5 Å². The van der Waals surface area contributed by atoms with Gasteiger partial charge in [0.1, 0.15) is 0 Å². The molecule has 1 rings (SSSR count). The quantitative estimate of drug-likeness (QED) is 0.409. The molecule has 4 N–H and O–H groups in total. The molecule has 0 saturated carbocycles. The van der Waals surface area contributed by atoms with Crippen molar-refractivity contribution in [2.45, 2.75) is 6.92 Å². The number of carbonyl (C=O) groups is 1. The Morgan fingerprint density at radius 2 is 2.06 bits per heavy atom. The first-order valence-electron chi connectivity index (χ1n) is 5.01. The van der Waals surface area contributed by atoms with Gasteiger partial charge < -0.3 is 11.1 Å². The fourth-order valence-corrected chi connectivity index (χ4v) is 1.21. The third-order valence-corrected chi connectivity index (χ3v) is 2.00. The fraction of sp³-hybridized carbons (Fsp3) is 0.182. The van der Waals surface area contributed by atoms with Crippen LogP contribution in [0.4, 0.5) is 0 Å². The zero-order valence-electron chi connectivity index (χ0n) is 9.43. The van der Waals surface area contributed by atoms with Crippen molar-refractivity contribution in [3.05, 3.63) is 35.9 Å². The van der Waals surface area contributed by atoms with E-state index in [-0.39, 0.29) is 11.0 Å². The van der Waals surface area contributed by atoms with E-state index in [2.05, 4.69) is 28.1 Å². The first-order chi connectivity index (χ1) is 8.09. The summed E-state index contributed by atoms with van der Waals surface area (Å²) in [6.45, 7) is 1.76. The van der Waals surface area contributed by atoms with Gasteiger partial charge in [0.25, 0.3) is 0 Å². The lowest BCUT2D eigenvalue weighted by molar-refractivity contribution is -0.118. The van der Waals surface area contributed by atoms with Crippen LogP contribution in [0.3, 0.4) is 0 Å². The Morgan fingerprint density at radius 3 is 2.59 bits per heavy atom. The van der Waals surface area contributed by atoms with Gasteiger partial charge >= 0.3 is 0 Å². The maximum Gasteiger partial charge on any atom is 0.217 e. The number of carbonyl (C=O) groups excluding carboxylic acids is 1. The molecule has 0 aliphatic rings. The van der Waals surface area contributed by atoms with Crippen LogP contribution in [-0.4, -0.2) is 23.3 Å². The molecule has 1 aromatic carbocycles. The SMILES string of the molecule is CC(=O)NCC(=NNC(N)=S)c1ccccc1. The fourth-order valence-electron chi connectivity index (χ4n) is 1.17. The maximum atomic E-state index is 10.9. The number of benzene rings is 1. The summed E-state index contributed by atoms with van der Waals surface area (Å²) in [5.41, 5.74) is 9.37. The molecule has 0 radical (unpaired) electrons. The Hall–Kier alpha value is -1.95. The number of hydrogen-bond donors (Lipinski definition) is 3. The number of nitrogens with two attached hydrogens (primary N) is 1. The first kappa shape index (κ1) is 13.1. The van der Waals surface area contributed by atoms with E-state index in [9.17, 15) is 4.79 Å². The summed E-state index contributed by atoms with van der Waals surface area (Å²) in [7, 11) is 0. The van der Waals surface area contributed by atoms with Gasteiger partial charge in [0.05, 0.1) is 12.3 Å². The highest BCUT2D eigenvalue weighted by atomic mass is 32.1. The zero-order valence-corrected chi connectivity index (χ0v) is 10.3. The van der Waals surface area contributed by atoms with Gasteiger partial charge in [-0.2, -0.15) is 5.10 Å². The van der Waals surface area contributed by atoms with Crippen molar-refractivity contribution >= 4 is 28.9 Å². The molecule has 0 heterocycles. The van der Waals surface area contributed by atoms with Crippen LogP contribution in [0.25, 0.3) is 0 Å². The topological polar surface area (TPSA) is 79.5 Å². The standard InChI is InChI=1S/C11H14N4OS/c1-8(16)13-7-10(14-15-11(12)17)9-5-3-2-4-6-9/h2-6H,7H2,1H3,(H,13,16)(H3,12,15,17). The van der Waals surface area contributed by atoms with Crippen LogP contribution in [0.5, 0.6) is 0 Å². The van der Waals surface area contributed by atoms with Crippen molar-refractivity contribution in [1.29, 1.82) is 0 Å². The number of nitrogens with zero attached hydrogens (tertiary/aromatic N) is 1. The lowest BCUT2D eigenvalue weighted by Crippen LogP contribution is -2.31. The molecule has 0 aliphatic carbocycles. The minimum absolute atomic E-state index is 0.0845. The molecule has 6 heteroatoms. The van der Waals surface area contributed by atoms with Gasteiger partial charge in [-0.3, -0.25) is 10.2 Å². The highest BCUT2D eigenvalue weighted by Crippen LogP contribution is 2.00. The Balaban J connectivity index is 2.82. The number of hydrogen-bond acceptors (Lipinski definition) is 3. The van der Waals surface area contributed by atoms with E-state index in [1.807, 2.05) is 30.3 Å². The van der Waals surface area contributed by atoms with Crippen LogP contribution in [0.15, 0.2) is 35.4 Å². The minimum Gasteiger partial charge on any atom is -0.375 e. The summed E-state index contributed by atoms with van der Waals surface area (Å²) in [6, 6.07) is 9.46. The van der Waals surface area contributed by atoms with Gasteiger partial charge in [0, 0.05) is 6.92 Å². The average molecular weight is 250 g/mol. The van der Waals surface area contributed by atoms with E-state index in [1.54, 1.807) is 0 Å². The molecule has 1 aromatic rings. The second kappa shape index (κ2) is 6.59. The first-order valence-corrected chi connectivity index (χ1v) is 5.42. The monoisotopic (exact) mass is 250 g/mol. The summed E-state index contributed by atoms with van der Waals surface area (Å²) in [6.07, 6.45) is 0. The smallest absolute Gasteiger partial charge is 0.217 e. The van der Waals surface area contributed by atoms with E-state index >= 15 is 0 Å². The van der Waals surface area contributed by atoms with Gasteiger partial charge in [0.2, 0.25) is 5.91 Å². The van der Waals surface area contributed by atoms with Crippen molar-refractivity contribution in [2.75, 3.05) is 6.54 Å². The highest BCUT2D eigenvalue weighted by molar-refractivity contribution is 7.80. The summed E-state index contributed by atoms with van der Waals surface area (Å²) in [5, 5.41) is 6.81. The predicted molar refractivity (Wildman–Crippen MR) is 71.6 cm³/mol. The lowest BCUT2D eigenvalue weighted by atomic mass is 10.1. The molecule has 0 fully saturated rings. The van der Waals surface area contributed by atoms with Crippen molar-refractivity contribution in [1.82, 2.24) is 10.7 Å². The largest absolute Gasteiger partial charge is 0.375 e. The third-order valence-electron chi connectivity index (χ3n) is 1.91. The lowest BCUT2D eigenvalue weighted by Gasteiger charge is -2.07. The molecule has 17 heavy (non-hydrogen) atoms. The maximum absolute atomic E-state index is 10.9. The Morgan fingerprint density at radius 1 is 1.41 bits per heavy atom. The molecular weight excluding hydrogens is 236 g/mol. The Kier molecular flexibility index (Phi) is 5.09. The van der Waals surface area contributed by atoms with Crippen molar-refractivity contribution in [3.8, 4) is 0 Å². The van der Waals surface area contributed by atoms with Crippen LogP contribution in [-0.2, 0) is 4.79 Å². The van der Waals surface area contributed by atoms with E-state index in [4.69, 9.17) is 5.73 Å². The molecule has 90 valence electrons. The molecule has 0 saturated heterocycles. The second-order valence-electron chi connectivity index (χ2n) is 3.31. The van der Waals surface area contributed by atoms with Gasteiger partial charge in [0.15, 0.2) is 5.11 Å². The second-order valence-corrected chi connectivity index (χ2v) is 3.75. The summed E-state index contributed by atoms with van der Waals surface area (Å²) < 4.78 is 0. The summed E-state index contributed by atoms with van der Waals surface area (Å²) in [4.78, 5) is 10.9. The average Bonchev–Trinajstić information content (AvgIpc) is 2.29. The van der Waals surface area contributed by atoms with Gasteiger partial charge in [-0.05, 0) is 17.8 Å². The molecule has 0 aromatic heterocycles. The normalized spacial score (nSPS) is 10.8. The minimum atomic E-state index is -0.121. The molecule has 0 spiro atoms. The van der Waals surface area contributed by atoms with Crippen molar-refractivity contribution in [2.24, 2.45) is 10.8 Å². The highest BCUT2D eigenvalue weighted by Gasteiger charge is 2.04. The van der Waals surface area contributed by atoms with E-state index < -0.39 is 0 Å². The molecule has 1 amide bonds. The van der Waals surface area contributed by atoms with Crippen molar-refractivity contribution in [3.63, 3.8) is 0 Å². The van der Waals surface area contributed by atoms with E-state index in [1.165, 1.54) is 6.92 Å². The summed E-state index contributed by atoms with van der Waals surface area (Å²) in [5.74, 6) is -0.121. The zero-order chi connectivity index (χ0) is 12.7. The number of thiocarbonyl (C=S) groups is 1. The molecule has 0 atom stereocenters. The number of nitrogens with one attached hydrogen (secondary N) is 2. The Labute approximate surface area is 105 Å². The number of rotatable bonds is 4. The molecule has 0 aliphatic heterocycles. The Bertz CT molecular complexity index is 430. The van der Waals surface area contributed by atoms with Crippen LogP contribution < -0.4 is 16.5 Å². The van der Waals surface area contributed by atoms with Crippen molar-refractivity contribution < 1.29 is 4.79 Å². The number of hydrazone groups is 1. The molecule has 0 bridgehead atoms. The van der Waals surface area contributed by atoms with E-state index in [0.717, 1.165) is 5.56 Å². The van der Waals surface area contributed by atoms with E-state index in [0.29, 0.717) is 12.3 Å². The summed E-state index contributed by atoms with van der Waals surface area (Å²) >= 11 is 4.67. The van der Waals surface area contributed by atoms with Gasteiger partial charge in [-0.25, -0.2) is 0 Å². The molecule has 5 nitrogen and oxygen atoms in total. The third kappa shape index (κ3) is 5.07. The van der Waals surface area contributed by atoms with Crippen LogP contribution in [0, 0.1) is 0 Å². The number of amides is 1.